The number of furan rings is 1. The SMILES string of the molecule is CC(F)(F)c1nn2cc(-c3cc4ccc(F)cc4o3)nc2s1. The fourth-order valence-corrected chi connectivity index (χ4v) is 2.94. The van der Waals surface area contributed by atoms with E-state index in [1.54, 1.807) is 12.1 Å². The van der Waals surface area contributed by atoms with Gasteiger partial charge in [-0.1, -0.05) is 11.3 Å². The van der Waals surface area contributed by atoms with Crippen molar-refractivity contribution >= 4 is 27.3 Å². The molecule has 0 amide bonds. The summed E-state index contributed by atoms with van der Waals surface area (Å²) in [6.07, 6.45) is 1.51. The molecule has 0 N–H and O–H groups in total. The summed E-state index contributed by atoms with van der Waals surface area (Å²) >= 11 is 0.818. The summed E-state index contributed by atoms with van der Waals surface area (Å²) in [4.78, 5) is 4.58. The molecule has 22 heavy (non-hydrogen) atoms. The summed E-state index contributed by atoms with van der Waals surface area (Å²) in [5.74, 6) is -2.96. The minimum absolute atomic E-state index is 0.298. The van der Waals surface area contributed by atoms with Gasteiger partial charge < -0.3 is 4.42 Å². The Morgan fingerprint density at radius 1 is 1.27 bits per heavy atom. The van der Waals surface area contributed by atoms with Crippen LogP contribution in [0.15, 0.2) is 34.9 Å². The summed E-state index contributed by atoms with van der Waals surface area (Å²) in [5.41, 5.74) is 0.862. The summed E-state index contributed by atoms with van der Waals surface area (Å²) < 4.78 is 46.4. The van der Waals surface area contributed by atoms with E-state index in [4.69, 9.17) is 4.42 Å². The highest BCUT2D eigenvalue weighted by molar-refractivity contribution is 7.16. The Hall–Kier alpha value is -2.35. The minimum Gasteiger partial charge on any atom is -0.454 e. The maximum atomic E-state index is 13.2. The molecular formula is C14H8F3N3OS. The first-order chi connectivity index (χ1) is 10.4. The average Bonchev–Trinajstić information content (AvgIpc) is 3.07. The van der Waals surface area contributed by atoms with Gasteiger partial charge in [-0.25, -0.2) is 13.9 Å². The molecule has 4 nitrogen and oxygen atoms in total. The largest absolute Gasteiger partial charge is 0.454 e. The van der Waals surface area contributed by atoms with Crippen LogP contribution in [0.5, 0.6) is 0 Å². The van der Waals surface area contributed by atoms with Gasteiger partial charge in [0.25, 0.3) is 5.92 Å². The first kappa shape index (κ1) is 13.3. The number of hydrogen-bond acceptors (Lipinski definition) is 4. The van der Waals surface area contributed by atoms with Crippen molar-refractivity contribution in [2.45, 2.75) is 12.8 Å². The number of rotatable bonds is 2. The van der Waals surface area contributed by atoms with Gasteiger partial charge in [-0.05, 0) is 18.2 Å². The van der Waals surface area contributed by atoms with Crippen molar-refractivity contribution in [2.24, 2.45) is 0 Å². The lowest BCUT2D eigenvalue weighted by molar-refractivity contribution is 0.0163. The predicted octanol–water partition coefficient (Wildman–Crippen LogP) is 4.45. The summed E-state index contributed by atoms with van der Waals surface area (Å²) in [5, 5.41) is 4.26. The van der Waals surface area contributed by atoms with E-state index in [1.165, 1.54) is 22.8 Å². The molecule has 1 aromatic carbocycles. The zero-order valence-electron chi connectivity index (χ0n) is 11.2. The fourth-order valence-electron chi connectivity index (χ4n) is 2.13. The van der Waals surface area contributed by atoms with Crippen molar-refractivity contribution in [3.8, 4) is 11.5 Å². The molecule has 4 aromatic rings. The molecule has 4 rings (SSSR count). The van der Waals surface area contributed by atoms with E-state index in [2.05, 4.69) is 10.1 Å². The van der Waals surface area contributed by atoms with E-state index in [9.17, 15) is 13.2 Å². The Morgan fingerprint density at radius 3 is 2.82 bits per heavy atom. The van der Waals surface area contributed by atoms with E-state index in [-0.39, 0.29) is 5.01 Å². The fraction of sp³-hybridized carbons (Fsp3) is 0.143. The van der Waals surface area contributed by atoms with Gasteiger partial charge in [-0.3, -0.25) is 0 Å². The molecule has 0 spiro atoms. The Labute approximate surface area is 125 Å². The van der Waals surface area contributed by atoms with Crippen molar-refractivity contribution < 1.29 is 17.6 Å². The highest BCUT2D eigenvalue weighted by atomic mass is 32.1. The predicted molar refractivity (Wildman–Crippen MR) is 75.6 cm³/mol. The van der Waals surface area contributed by atoms with Crippen LogP contribution in [0.4, 0.5) is 13.2 Å². The molecule has 0 radical (unpaired) electrons. The van der Waals surface area contributed by atoms with E-state index in [0.29, 0.717) is 22.0 Å². The maximum absolute atomic E-state index is 13.2. The standard InChI is InChI=1S/C14H8F3N3OS/c1-14(16,17)12-19-20-6-9(18-13(20)22-12)11-4-7-2-3-8(15)5-10(7)21-11/h2-6H,1H3. The highest BCUT2D eigenvalue weighted by Gasteiger charge is 2.30. The summed E-state index contributed by atoms with van der Waals surface area (Å²) in [6, 6.07) is 5.94. The molecule has 0 aliphatic heterocycles. The lowest BCUT2D eigenvalue weighted by Gasteiger charge is -2.02. The van der Waals surface area contributed by atoms with E-state index in [1.807, 2.05) is 0 Å². The van der Waals surface area contributed by atoms with Gasteiger partial charge in [0.15, 0.2) is 10.8 Å². The third-order valence-electron chi connectivity index (χ3n) is 3.15. The van der Waals surface area contributed by atoms with Gasteiger partial charge in [0.2, 0.25) is 4.96 Å². The molecular weight excluding hydrogens is 315 g/mol. The van der Waals surface area contributed by atoms with Crippen LogP contribution in [0.2, 0.25) is 0 Å². The molecule has 0 saturated heterocycles. The smallest absolute Gasteiger partial charge is 0.298 e. The average molecular weight is 323 g/mol. The maximum Gasteiger partial charge on any atom is 0.298 e. The van der Waals surface area contributed by atoms with Crippen molar-refractivity contribution in [1.29, 1.82) is 0 Å². The number of hydrogen-bond donors (Lipinski definition) is 0. The van der Waals surface area contributed by atoms with E-state index in [0.717, 1.165) is 23.6 Å². The van der Waals surface area contributed by atoms with Crippen LogP contribution in [-0.2, 0) is 5.92 Å². The molecule has 0 aliphatic rings. The second-order valence-electron chi connectivity index (χ2n) is 4.94. The Bertz CT molecular complexity index is 964. The third-order valence-corrected chi connectivity index (χ3v) is 4.25. The lowest BCUT2D eigenvalue weighted by Crippen LogP contribution is -2.06. The number of imidazole rings is 1. The number of nitrogens with zero attached hydrogens (tertiary/aromatic N) is 3. The van der Waals surface area contributed by atoms with Crippen LogP contribution in [0, 0.1) is 5.82 Å². The number of aromatic nitrogens is 3. The van der Waals surface area contributed by atoms with E-state index < -0.39 is 11.7 Å². The molecule has 112 valence electrons. The van der Waals surface area contributed by atoms with Crippen LogP contribution < -0.4 is 0 Å². The van der Waals surface area contributed by atoms with Crippen molar-refractivity contribution in [1.82, 2.24) is 14.6 Å². The monoisotopic (exact) mass is 323 g/mol. The molecule has 0 atom stereocenters. The van der Waals surface area contributed by atoms with Gasteiger partial charge in [-0.15, -0.1) is 0 Å². The first-order valence-electron chi connectivity index (χ1n) is 6.34. The normalized spacial score (nSPS) is 12.5. The number of benzene rings is 1. The van der Waals surface area contributed by atoms with Crippen molar-refractivity contribution in [3.63, 3.8) is 0 Å². The zero-order valence-corrected chi connectivity index (χ0v) is 12.0. The Balaban J connectivity index is 1.80. The van der Waals surface area contributed by atoms with Crippen molar-refractivity contribution in [3.05, 3.63) is 41.3 Å². The van der Waals surface area contributed by atoms with Crippen LogP contribution >= 0.6 is 11.3 Å². The lowest BCUT2D eigenvalue weighted by atomic mass is 10.2. The first-order valence-corrected chi connectivity index (χ1v) is 7.16. The Morgan fingerprint density at radius 2 is 2.09 bits per heavy atom. The minimum atomic E-state index is -3.00. The molecule has 0 aliphatic carbocycles. The van der Waals surface area contributed by atoms with Gasteiger partial charge in [-0.2, -0.15) is 13.9 Å². The number of fused-ring (bicyclic) bond motifs is 2. The molecule has 0 saturated carbocycles. The second kappa shape index (κ2) is 4.33. The zero-order chi connectivity index (χ0) is 15.5. The second-order valence-corrected chi connectivity index (χ2v) is 5.90. The van der Waals surface area contributed by atoms with Gasteiger partial charge in [0.05, 0.1) is 6.20 Å². The molecule has 0 unspecified atom stereocenters. The molecule has 0 fully saturated rings. The van der Waals surface area contributed by atoms with Crippen LogP contribution in [-0.4, -0.2) is 14.6 Å². The summed E-state index contributed by atoms with van der Waals surface area (Å²) in [6.45, 7) is 0.792. The van der Waals surface area contributed by atoms with Crippen LogP contribution in [0.3, 0.4) is 0 Å². The molecule has 3 aromatic heterocycles. The van der Waals surface area contributed by atoms with Crippen LogP contribution in [0.1, 0.15) is 11.9 Å². The van der Waals surface area contributed by atoms with Gasteiger partial charge in [0.1, 0.15) is 17.1 Å². The van der Waals surface area contributed by atoms with Crippen LogP contribution in [0.25, 0.3) is 27.4 Å². The third kappa shape index (κ3) is 2.07. The topological polar surface area (TPSA) is 43.3 Å². The molecule has 0 bridgehead atoms. The number of halogens is 3. The molecule has 3 heterocycles. The van der Waals surface area contributed by atoms with Gasteiger partial charge in [0, 0.05) is 18.4 Å². The van der Waals surface area contributed by atoms with Crippen molar-refractivity contribution in [2.75, 3.05) is 0 Å². The Kier molecular flexibility index (Phi) is 2.62. The highest BCUT2D eigenvalue weighted by Crippen LogP contribution is 2.33. The summed E-state index contributed by atoms with van der Waals surface area (Å²) in [7, 11) is 0. The van der Waals surface area contributed by atoms with E-state index >= 15 is 0 Å². The van der Waals surface area contributed by atoms with Gasteiger partial charge >= 0.3 is 0 Å². The quantitative estimate of drug-likeness (QED) is 0.547. The molecule has 8 heteroatoms. The number of alkyl halides is 2.